The second kappa shape index (κ2) is 4.41. The highest BCUT2D eigenvalue weighted by Gasteiger charge is 2.16. The van der Waals surface area contributed by atoms with E-state index in [1.807, 2.05) is 12.5 Å². The minimum absolute atomic E-state index is 0.274. The van der Waals surface area contributed by atoms with Crippen LogP contribution in [-0.4, -0.2) is 16.1 Å². The number of anilines is 1. The van der Waals surface area contributed by atoms with E-state index in [4.69, 9.17) is 0 Å². The summed E-state index contributed by atoms with van der Waals surface area (Å²) in [6.07, 6.45) is 6.05. The Balaban J connectivity index is 1.96. The molecular formula is C16H21N3. The average Bonchev–Trinajstić information content (AvgIpc) is 2.93. The Morgan fingerprint density at radius 2 is 2.16 bits per heavy atom. The van der Waals surface area contributed by atoms with E-state index in [-0.39, 0.29) is 5.41 Å². The molecule has 0 fully saturated rings. The van der Waals surface area contributed by atoms with E-state index in [9.17, 15) is 0 Å². The summed E-state index contributed by atoms with van der Waals surface area (Å²) in [4.78, 5) is 4.32. The van der Waals surface area contributed by atoms with E-state index in [0.29, 0.717) is 0 Å². The summed E-state index contributed by atoms with van der Waals surface area (Å²) in [5, 5.41) is 3.40. The molecule has 0 spiro atoms. The molecule has 0 unspecified atom stereocenters. The van der Waals surface area contributed by atoms with Crippen LogP contribution >= 0.6 is 0 Å². The van der Waals surface area contributed by atoms with Crippen molar-refractivity contribution in [1.29, 1.82) is 0 Å². The van der Waals surface area contributed by atoms with Crippen LogP contribution in [0.2, 0.25) is 0 Å². The van der Waals surface area contributed by atoms with Gasteiger partial charge in [-0.3, -0.25) is 0 Å². The van der Waals surface area contributed by atoms with Crippen LogP contribution in [0.15, 0.2) is 30.7 Å². The van der Waals surface area contributed by atoms with E-state index in [1.165, 1.54) is 22.6 Å². The zero-order valence-electron chi connectivity index (χ0n) is 11.9. The molecule has 0 saturated heterocycles. The molecule has 100 valence electrons. The van der Waals surface area contributed by atoms with Crippen LogP contribution in [0.25, 0.3) is 5.69 Å². The van der Waals surface area contributed by atoms with Crippen molar-refractivity contribution >= 4 is 5.69 Å². The van der Waals surface area contributed by atoms with E-state index >= 15 is 0 Å². The average molecular weight is 255 g/mol. The Morgan fingerprint density at radius 3 is 2.95 bits per heavy atom. The number of rotatable bonds is 2. The van der Waals surface area contributed by atoms with Gasteiger partial charge in [0.25, 0.3) is 0 Å². The molecule has 2 aromatic rings. The summed E-state index contributed by atoms with van der Waals surface area (Å²) in [7, 11) is 0. The third-order valence-electron chi connectivity index (χ3n) is 3.50. The molecule has 3 rings (SSSR count). The van der Waals surface area contributed by atoms with Gasteiger partial charge in [-0.05, 0) is 42.0 Å². The molecule has 3 heteroatoms. The number of hydrogen-bond acceptors (Lipinski definition) is 2. The minimum Gasteiger partial charge on any atom is -0.384 e. The molecule has 2 heterocycles. The quantitative estimate of drug-likeness (QED) is 0.891. The number of nitrogens with zero attached hydrogens (tertiary/aromatic N) is 2. The molecule has 0 saturated carbocycles. The second-order valence-corrected chi connectivity index (χ2v) is 6.51. The molecule has 0 amide bonds. The molecule has 1 aromatic carbocycles. The molecule has 0 radical (unpaired) electrons. The van der Waals surface area contributed by atoms with Crippen molar-refractivity contribution in [2.45, 2.75) is 33.6 Å². The zero-order valence-corrected chi connectivity index (χ0v) is 11.9. The Labute approximate surface area is 114 Å². The van der Waals surface area contributed by atoms with E-state index in [2.05, 4.69) is 53.8 Å². The van der Waals surface area contributed by atoms with Crippen molar-refractivity contribution < 1.29 is 0 Å². The lowest BCUT2D eigenvalue weighted by atomic mass is 9.91. The topological polar surface area (TPSA) is 29.9 Å². The summed E-state index contributed by atoms with van der Waals surface area (Å²) in [5.41, 5.74) is 5.46. The van der Waals surface area contributed by atoms with Crippen LogP contribution < -0.4 is 5.32 Å². The highest BCUT2D eigenvalue weighted by Crippen LogP contribution is 2.27. The molecule has 19 heavy (non-hydrogen) atoms. The molecular weight excluding hydrogens is 234 g/mol. The molecule has 3 nitrogen and oxygen atoms in total. The number of fused-ring (bicyclic) bond motifs is 1. The van der Waals surface area contributed by atoms with Gasteiger partial charge in [-0.15, -0.1) is 0 Å². The van der Waals surface area contributed by atoms with Crippen LogP contribution in [0.3, 0.4) is 0 Å². The molecule has 0 atom stereocenters. The number of imidazole rings is 1. The van der Waals surface area contributed by atoms with Crippen LogP contribution in [0.1, 0.15) is 32.0 Å². The van der Waals surface area contributed by atoms with Gasteiger partial charge in [0.15, 0.2) is 0 Å². The van der Waals surface area contributed by atoms with E-state index < -0.39 is 0 Å². The van der Waals surface area contributed by atoms with Gasteiger partial charge >= 0.3 is 0 Å². The highest BCUT2D eigenvalue weighted by atomic mass is 15.1. The van der Waals surface area contributed by atoms with Crippen molar-refractivity contribution in [2.75, 3.05) is 11.9 Å². The maximum Gasteiger partial charge on any atom is 0.0994 e. The Morgan fingerprint density at radius 1 is 1.32 bits per heavy atom. The fraction of sp³-hybridized carbons (Fsp3) is 0.438. The van der Waals surface area contributed by atoms with Crippen molar-refractivity contribution in [2.24, 2.45) is 5.41 Å². The number of hydrogen-bond donors (Lipinski definition) is 1. The first-order chi connectivity index (χ1) is 9.03. The SMILES string of the molecule is CC(C)(C)Cc1cncn1-c1ccc2c(c1)CCN2. The molecule has 1 aromatic heterocycles. The van der Waals surface area contributed by atoms with Gasteiger partial charge in [0.1, 0.15) is 0 Å². The van der Waals surface area contributed by atoms with Gasteiger partial charge in [-0.1, -0.05) is 20.8 Å². The standard InChI is InChI=1S/C16H21N3/c1-16(2,3)9-14-10-17-11-19(14)13-4-5-15-12(8-13)6-7-18-15/h4-5,8,10-11,18H,6-7,9H2,1-3H3. The maximum absolute atomic E-state index is 4.32. The predicted molar refractivity (Wildman–Crippen MR) is 78.9 cm³/mol. The Kier molecular flexibility index (Phi) is 2.85. The summed E-state index contributed by atoms with van der Waals surface area (Å²) in [6.45, 7) is 7.84. The zero-order chi connectivity index (χ0) is 13.5. The van der Waals surface area contributed by atoms with Crippen molar-refractivity contribution in [3.63, 3.8) is 0 Å². The first-order valence-electron chi connectivity index (χ1n) is 6.91. The molecule has 0 bridgehead atoms. The van der Waals surface area contributed by atoms with Crippen molar-refractivity contribution in [1.82, 2.24) is 9.55 Å². The molecule has 0 aliphatic carbocycles. The van der Waals surface area contributed by atoms with E-state index in [1.54, 1.807) is 0 Å². The molecule has 1 aliphatic heterocycles. The number of benzene rings is 1. The normalized spacial score (nSPS) is 14.3. The van der Waals surface area contributed by atoms with Crippen molar-refractivity contribution in [3.05, 3.63) is 42.0 Å². The first-order valence-corrected chi connectivity index (χ1v) is 6.91. The summed E-state index contributed by atoms with van der Waals surface area (Å²) < 4.78 is 2.21. The van der Waals surface area contributed by atoms with Crippen LogP contribution in [0, 0.1) is 5.41 Å². The lowest BCUT2D eigenvalue weighted by Gasteiger charge is -2.19. The minimum atomic E-state index is 0.274. The van der Waals surface area contributed by atoms with E-state index in [0.717, 1.165) is 19.4 Å². The van der Waals surface area contributed by atoms with Crippen molar-refractivity contribution in [3.8, 4) is 5.69 Å². The molecule has 1 aliphatic rings. The second-order valence-electron chi connectivity index (χ2n) is 6.51. The first kappa shape index (κ1) is 12.3. The van der Waals surface area contributed by atoms with Gasteiger partial charge in [0.05, 0.1) is 6.33 Å². The lowest BCUT2D eigenvalue weighted by molar-refractivity contribution is 0.404. The third kappa shape index (κ3) is 2.50. The van der Waals surface area contributed by atoms with Gasteiger partial charge in [-0.2, -0.15) is 0 Å². The third-order valence-corrected chi connectivity index (χ3v) is 3.50. The van der Waals surface area contributed by atoms with Gasteiger partial charge in [0.2, 0.25) is 0 Å². The predicted octanol–water partition coefficient (Wildman–Crippen LogP) is 3.43. The van der Waals surface area contributed by atoms with Gasteiger partial charge in [-0.25, -0.2) is 4.98 Å². The highest BCUT2D eigenvalue weighted by molar-refractivity contribution is 5.59. The van der Waals surface area contributed by atoms with Crippen LogP contribution in [0.5, 0.6) is 0 Å². The number of aromatic nitrogens is 2. The van der Waals surface area contributed by atoms with Crippen LogP contribution in [-0.2, 0) is 12.8 Å². The van der Waals surface area contributed by atoms with Gasteiger partial charge in [0, 0.05) is 29.8 Å². The fourth-order valence-electron chi connectivity index (χ4n) is 2.67. The maximum atomic E-state index is 4.32. The summed E-state index contributed by atoms with van der Waals surface area (Å²) in [6, 6.07) is 6.63. The smallest absolute Gasteiger partial charge is 0.0994 e. The summed E-state index contributed by atoms with van der Waals surface area (Å²) >= 11 is 0. The fourth-order valence-corrected chi connectivity index (χ4v) is 2.67. The number of nitrogens with one attached hydrogen (secondary N) is 1. The van der Waals surface area contributed by atoms with Gasteiger partial charge < -0.3 is 9.88 Å². The monoisotopic (exact) mass is 255 g/mol. The lowest BCUT2D eigenvalue weighted by Crippen LogP contribution is -2.12. The Bertz CT molecular complexity index is 590. The summed E-state index contributed by atoms with van der Waals surface area (Å²) in [5.74, 6) is 0. The largest absolute Gasteiger partial charge is 0.384 e. The Hall–Kier alpha value is -1.77. The molecule has 1 N–H and O–H groups in total. The van der Waals surface area contributed by atoms with Crippen LogP contribution in [0.4, 0.5) is 5.69 Å².